The molecule has 7 heterocycles. The highest BCUT2D eigenvalue weighted by atomic mass is 35.5. The van der Waals surface area contributed by atoms with Gasteiger partial charge in [0.25, 0.3) is 0 Å². The molecule has 7 aromatic heterocycles. The molecule has 0 radical (unpaired) electrons. The van der Waals surface area contributed by atoms with E-state index in [2.05, 4.69) is 115 Å². The summed E-state index contributed by atoms with van der Waals surface area (Å²) in [5.41, 5.74) is 13.4. The first kappa shape index (κ1) is 69.0. The Labute approximate surface area is 642 Å². The third kappa shape index (κ3) is 12.5. The highest BCUT2D eigenvalue weighted by Crippen LogP contribution is 2.49. The molecule has 0 fully saturated rings. The Hall–Kier alpha value is -12.1. The van der Waals surface area contributed by atoms with Gasteiger partial charge in [0, 0.05) is 126 Å². The molecule has 21 rings (SSSR count). The lowest BCUT2D eigenvalue weighted by molar-refractivity contribution is 0.426. The standard InChI is InChI=1S/C51H29N3OS2.C27H15Cl2N3O.C12H9BO2S.2CH4/c1-3-14-30(15-4-1)49-52-50(31-16-5-2-6-17-31)54-51(53-49)39-24-13-25-42-45(39)41-29-32(33-20-11-21-36-34-18-7-9-26-43(34)56-47(33)36)28-40(46(41)55-42)38-23-12-22-37-35-19-8-10-27-44(35)57-48(37)38;28-18-14-20-23-19(12-7-13-22(23)33-24(20)21(29)15-18)27-31-25(16-8-3-1-4-9-16)30-26(32-27)17-10-5-2-6-11-17;14-13(15)10-6-3-5-9-8-4-1-2-7-11(8)16-12(9)10;;/h1-29H;1-15H;1-7,14-15H;2*1H4. The second-order valence-corrected chi connectivity index (χ2v) is 29.6. The molecule has 0 aliphatic heterocycles. The van der Waals surface area contributed by atoms with E-state index in [1.807, 2.05) is 205 Å². The van der Waals surface area contributed by atoms with Crippen LogP contribution >= 0.6 is 57.2 Å². The summed E-state index contributed by atoms with van der Waals surface area (Å²) in [6.07, 6.45) is 0. The van der Waals surface area contributed by atoms with E-state index in [4.69, 9.17) is 61.9 Å². The van der Waals surface area contributed by atoms with Crippen LogP contribution in [0.2, 0.25) is 10.0 Å². The van der Waals surface area contributed by atoms with Crippen LogP contribution in [-0.2, 0) is 0 Å². The van der Waals surface area contributed by atoms with Crippen molar-refractivity contribution < 1.29 is 18.9 Å². The van der Waals surface area contributed by atoms with Crippen molar-refractivity contribution in [3.05, 3.63) is 319 Å². The van der Waals surface area contributed by atoms with Gasteiger partial charge in [-0.15, -0.1) is 34.0 Å². The molecule has 108 heavy (non-hydrogen) atoms. The zero-order valence-corrected chi connectivity index (χ0v) is 59.9. The second-order valence-electron chi connectivity index (χ2n) is 25.6. The molecular formula is C92H61BCl2N6O4S3. The summed E-state index contributed by atoms with van der Waals surface area (Å²) in [4.78, 5) is 29.8. The van der Waals surface area contributed by atoms with Gasteiger partial charge in [0.2, 0.25) is 0 Å². The minimum Gasteiger partial charge on any atom is -0.455 e. The number of aromatic nitrogens is 6. The molecular weight excluding hydrogens is 1430 g/mol. The van der Waals surface area contributed by atoms with Gasteiger partial charge in [-0.3, -0.25) is 0 Å². The van der Waals surface area contributed by atoms with Gasteiger partial charge in [0.05, 0.1) is 5.02 Å². The normalized spacial score (nSPS) is 11.4. The van der Waals surface area contributed by atoms with Crippen LogP contribution in [0, 0.1) is 0 Å². The number of hydrogen-bond donors (Lipinski definition) is 2. The van der Waals surface area contributed by atoms with E-state index in [1.54, 1.807) is 23.5 Å². The van der Waals surface area contributed by atoms with Crippen molar-refractivity contribution in [1.29, 1.82) is 0 Å². The molecule has 21 aromatic rings. The topological polar surface area (TPSA) is 144 Å². The maximum atomic E-state index is 9.31. The molecule has 0 bridgehead atoms. The first-order chi connectivity index (χ1) is 52.2. The number of halogens is 2. The number of benzene rings is 14. The number of rotatable bonds is 9. The lowest BCUT2D eigenvalue weighted by atomic mass is 9.80. The van der Waals surface area contributed by atoms with Crippen LogP contribution in [0.3, 0.4) is 0 Å². The van der Waals surface area contributed by atoms with Gasteiger partial charge in [-0.2, -0.15) is 0 Å². The van der Waals surface area contributed by atoms with Gasteiger partial charge in [-0.05, 0) is 76.6 Å². The van der Waals surface area contributed by atoms with Crippen molar-refractivity contribution in [3.8, 4) is 90.6 Å². The van der Waals surface area contributed by atoms with E-state index in [9.17, 15) is 10.0 Å². The summed E-state index contributed by atoms with van der Waals surface area (Å²) < 4.78 is 20.3. The molecule has 16 heteroatoms. The van der Waals surface area contributed by atoms with Crippen LogP contribution in [0.1, 0.15) is 14.9 Å². The third-order valence-corrected chi connectivity index (χ3v) is 23.3. The largest absolute Gasteiger partial charge is 0.489 e. The molecule has 0 unspecified atom stereocenters. The molecule has 0 amide bonds. The predicted octanol–water partition coefficient (Wildman–Crippen LogP) is 25.9. The van der Waals surface area contributed by atoms with Gasteiger partial charge in [0.1, 0.15) is 16.7 Å². The van der Waals surface area contributed by atoms with Crippen molar-refractivity contribution in [1.82, 2.24) is 29.9 Å². The fourth-order valence-corrected chi connectivity index (χ4v) is 18.5. The fraction of sp³-hybridized carbons (Fsp3) is 0.0217. The second kappa shape index (κ2) is 29.0. The Balaban J connectivity index is 0.000000140. The van der Waals surface area contributed by atoms with Gasteiger partial charge >= 0.3 is 7.12 Å². The molecule has 0 saturated carbocycles. The van der Waals surface area contributed by atoms with Crippen molar-refractivity contribution in [2.75, 3.05) is 0 Å². The summed E-state index contributed by atoms with van der Waals surface area (Å²) in [6, 6.07) is 105. The number of nitrogens with zero attached hydrogens (tertiary/aromatic N) is 6. The van der Waals surface area contributed by atoms with Crippen LogP contribution in [0.4, 0.5) is 0 Å². The number of thiophene rings is 3. The van der Waals surface area contributed by atoms with Gasteiger partial charge < -0.3 is 18.9 Å². The van der Waals surface area contributed by atoms with E-state index >= 15 is 0 Å². The number of furan rings is 2. The van der Waals surface area contributed by atoms with Crippen LogP contribution in [0.5, 0.6) is 0 Å². The molecule has 10 nitrogen and oxygen atoms in total. The lowest BCUT2D eigenvalue weighted by Gasteiger charge is -2.11. The zero-order valence-electron chi connectivity index (χ0n) is 55.9. The van der Waals surface area contributed by atoms with E-state index in [1.165, 1.54) is 56.0 Å². The summed E-state index contributed by atoms with van der Waals surface area (Å²) in [5.74, 6) is 3.59. The van der Waals surface area contributed by atoms with E-state index < -0.39 is 7.12 Å². The minimum atomic E-state index is -1.41. The molecule has 0 saturated heterocycles. The molecule has 0 spiro atoms. The Bertz CT molecular complexity index is 6880. The highest BCUT2D eigenvalue weighted by molar-refractivity contribution is 7.27. The number of hydrogen-bond acceptors (Lipinski definition) is 13. The summed E-state index contributed by atoms with van der Waals surface area (Å²) >= 11 is 18.0. The van der Waals surface area contributed by atoms with Crippen LogP contribution in [0.25, 0.3) is 195 Å². The Morgan fingerprint density at radius 3 is 1.09 bits per heavy atom. The molecule has 14 aromatic carbocycles. The van der Waals surface area contributed by atoms with E-state index in [0.29, 0.717) is 61.6 Å². The monoisotopic (exact) mass is 1490 g/mol. The number of fused-ring (bicyclic) bond motifs is 15. The molecule has 2 N–H and O–H groups in total. The SMILES string of the molecule is C.C.Clc1cc(Cl)c2oc3cccc(-c4nc(-c5ccccc5)nc(-c5ccccc5)n4)c3c2c1.OB(O)c1cccc2c1sc1ccccc12.c1ccc(-c2nc(-c3ccccc3)nc(-c3cccc4oc5c(-c6cccc7c6sc6ccccc67)cc(-c6cccc7c6sc6ccccc67)cc5c34)n2)cc1. The van der Waals surface area contributed by atoms with E-state index in [0.717, 1.165) is 92.9 Å². The Morgan fingerprint density at radius 2 is 0.630 bits per heavy atom. The van der Waals surface area contributed by atoms with Crippen molar-refractivity contribution >= 4 is 174 Å². The predicted molar refractivity (Wildman–Crippen MR) is 456 cm³/mol. The first-order valence-electron chi connectivity index (χ1n) is 34.3. The average molecular weight is 1490 g/mol. The Morgan fingerprint density at radius 1 is 0.278 bits per heavy atom. The molecule has 0 aliphatic rings. The zero-order chi connectivity index (χ0) is 70.9. The smallest absolute Gasteiger partial charge is 0.455 e. The summed E-state index contributed by atoms with van der Waals surface area (Å²) in [6.45, 7) is 0. The van der Waals surface area contributed by atoms with Crippen molar-refractivity contribution in [2.24, 2.45) is 0 Å². The molecule has 0 atom stereocenters. The maximum absolute atomic E-state index is 9.31. The van der Waals surface area contributed by atoms with Crippen LogP contribution < -0.4 is 5.46 Å². The van der Waals surface area contributed by atoms with E-state index in [-0.39, 0.29) is 14.9 Å². The Kier molecular flexibility index (Phi) is 18.5. The van der Waals surface area contributed by atoms with Crippen molar-refractivity contribution in [2.45, 2.75) is 14.9 Å². The third-order valence-electron chi connectivity index (χ3n) is 19.1. The first-order valence-corrected chi connectivity index (χ1v) is 37.5. The summed E-state index contributed by atoms with van der Waals surface area (Å²) in [7, 11) is -1.41. The molecule has 0 aliphatic carbocycles. The van der Waals surface area contributed by atoms with Crippen LogP contribution in [-0.4, -0.2) is 47.1 Å². The average Bonchev–Trinajstić information content (AvgIpc) is 1.56. The van der Waals surface area contributed by atoms with Crippen LogP contribution in [0.15, 0.2) is 318 Å². The quantitative estimate of drug-likeness (QED) is 0.134. The fourth-order valence-electron chi connectivity index (χ4n) is 14.3. The minimum absolute atomic E-state index is 0. The highest BCUT2D eigenvalue weighted by Gasteiger charge is 2.26. The molecule has 518 valence electrons. The maximum Gasteiger partial charge on any atom is 0.489 e. The summed E-state index contributed by atoms with van der Waals surface area (Å²) in [5, 5.41) is 30.6. The van der Waals surface area contributed by atoms with Gasteiger partial charge in [-0.25, -0.2) is 29.9 Å². The lowest BCUT2D eigenvalue weighted by Crippen LogP contribution is -2.29. The van der Waals surface area contributed by atoms with Crippen molar-refractivity contribution in [3.63, 3.8) is 0 Å². The van der Waals surface area contributed by atoms with Gasteiger partial charge in [0.15, 0.2) is 40.5 Å². The van der Waals surface area contributed by atoms with Gasteiger partial charge in [-0.1, -0.05) is 293 Å².